The summed E-state index contributed by atoms with van der Waals surface area (Å²) in [6.45, 7) is 11.6. The molecule has 2 N–H and O–H groups in total. The van der Waals surface area contributed by atoms with Crippen molar-refractivity contribution in [3.8, 4) is 0 Å². The first-order valence-electron chi connectivity index (χ1n) is 7.69. The molecule has 1 rings (SSSR count). The monoisotopic (exact) mass is 303 g/mol. The summed E-state index contributed by atoms with van der Waals surface area (Å²) in [6, 6.07) is 8.02. The Balaban J connectivity index is 2.55. The average molecular weight is 303 g/mol. The first kappa shape index (κ1) is 18.2. The Morgan fingerprint density at radius 1 is 1.23 bits per heavy atom. The third-order valence-corrected chi connectivity index (χ3v) is 3.59. The molecule has 0 aliphatic carbocycles. The predicted octanol–water partition coefficient (Wildman–Crippen LogP) is 3.21. The van der Waals surface area contributed by atoms with E-state index in [1.54, 1.807) is 0 Å². The molecule has 0 aromatic heterocycles. The first-order valence-corrected chi connectivity index (χ1v) is 7.69. The molecule has 0 heterocycles. The number of hydrogen-bond acceptors (Lipinski definition) is 2. The van der Waals surface area contributed by atoms with Crippen LogP contribution in [0.4, 0.5) is 4.79 Å². The summed E-state index contributed by atoms with van der Waals surface area (Å²) in [6.07, 6.45) is 0.939. The Bertz CT molecular complexity index is 504. The van der Waals surface area contributed by atoms with Gasteiger partial charge in [0.15, 0.2) is 0 Å². The molecule has 0 radical (unpaired) electrons. The van der Waals surface area contributed by atoms with E-state index in [1.807, 2.05) is 59.1 Å². The normalized spacial score (nSPS) is 11.4. The summed E-state index contributed by atoms with van der Waals surface area (Å²) in [5.74, 6) is 0. The van der Waals surface area contributed by atoms with Crippen LogP contribution in [0.3, 0.4) is 0 Å². The lowest BCUT2D eigenvalue weighted by Gasteiger charge is -2.27. The maximum absolute atomic E-state index is 12.0. The minimum absolute atomic E-state index is 0.132. The van der Waals surface area contributed by atoms with Gasteiger partial charge in [-0.2, -0.15) is 0 Å². The van der Waals surface area contributed by atoms with Crippen LogP contribution < -0.4 is 10.6 Å². The van der Waals surface area contributed by atoms with E-state index >= 15 is 0 Å². The maximum atomic E-state index is 12.0. The van der Waals surface area contributed by atoms with Crippen LogP contribution >= 0.6 is 0 Å². The topological polar surface area (TPSA) is 44.4 Å². The van der Waals surface area contributed by atoms with Crippen LogP contribution in [0.25, 0.3) is 5.57 Å². The van der Waals surface area contributed by atoms with Crippen LogP contribution in [0.2, 0.25) is 0 Å². The molecule has 0 atom stereocenters. The summed E-state index contributed by atoms with van der Waals surface area (Å²) in [5, 5.41) is 5.93. The van der Waals surface area contributed by atoms with Crippen LogP contribution in [0, 0.1) is 0 Å². The molecular weight excluding hydrogens is 274 g/mol. The Kier molecular flexibility index (Phi) is 6.62. The number of rotatable bonds is 7. The molecule has 0 bridgehead atoms. The van der Waals surface area contributed by atoms with Crippen molar-refractivity contribution in [1.82, 2.24) is 15.5 Å². The van der Waals surface area contributed by atoms with E-state index in [2.05, 4.69) is 22.1 Å². The lowest BCUT2D eigenvalue weighted by molar-refractivity contribution is 0.229. The van der Waals surface area contributed by atoms with E-state index in [0.717, 1.165) is 29.7 Å². The van der Waals surface area contributed by atoms with Crippen molar-refractivity contribution in [1.29, 1.82) is 0 Å². The number of carbonyl (C=O) groups excluding carboxylic acids is 1. The molecule has 2 amide bonds. The van der Waals surface area contributed by atoms with Gasteiger partial charge in [-0.1, -0.05) is 36.4 Å². The summed E-state index contributed by atoms with van der Waals surface area (Å²) in [4.78, 5) is 14.1. The molecule has 0 fully saturated rings. The smallest absolute Gasteiger partial charge is 0.315 e. The Morgan fingerprint density at radius 3 is 2.32 bits per heavy atom. The van der Waals surface area contributed by atoms with Crippen molar-refractivity contribution in [2.75, 3.05) is 27.2 Å². The number of hydrogen-bond donors (Lipinski definition) is 2. The fourth-order valence-electron chi connectivity index (χ4n) is 2.17. The summed E-state index contributed by atoms with van der Waals surface area (Å²) in [7, 11) is 4.05. The molecule has 4 heteroatoms. The molecule has 0 aliphatic heterocycles. The van der Waals surface area contributed by atoms with E-state index in [9.17, 15) is 4.79 Å². The quantitative estimate of drug-likeness (QED) is 0.760. The van der Waals surface area contributed by atoms with Gasteiger partial charge in [-0.3, -0.25) is 0 Å². The van der Waals surface area contributed by atoms with Gasteiger partial charge in [0.05, 0.1) is 5.54 Å². The Morgan fingerprint density at radius 2 is 1.82 bits per heavy atom. The number of carbonyl (C=O) groups is 1. The largest absolute Gasteiger partial charge is 0.338 e. The number of nitrogens with zero attached hydrogens (tertiary/aromatic N) is 1. The first-order chi connectivity index (χ1) is 10.2. The zero-order chi connectivity index (χ0) is 16.8. The second-order valence-electron chi connectivity index (χ2n) is 6.52. The van der Waals surface area contributed by atoms with Gasteiger partial charge in [-0.15, -0.1) is 0 Å². The fraction of sp³-hybridized carbons (Fsp3) is 0.500. The zero-order valence-electron chi connectivity index (χ0n) is 14.5. The highest BCUT2D eigenvalue weighted by Crippen LogP contribution is 2.22. The molecular formula is C18H29N3O. The molecule has 1 aromatic carbocycles. The van der Waals surface area contributed by atoms with Crippen molar-refractivity contribution in [2.45, 2.75) is 32.7 Å². The lowest BCUT2D eigenvalue weighted by Crippen LogP contribution is -2.46. The molecule has 4 nitrogen and oxygen atoms in total. The molecule has 0 saturated carbocycles. The molecule has 22 heavy (non-hydrogen) atoms. The number of nitrogens with one attached hydrogen (secondary N) is 2. The van der Waals surface area contributed by atoms with Crippen LogP contribution in [0.15, 0.2) is 30.8 Å². The van der Waals surface area contributed by atoms with Gasteiger partial charge in [0.25, 0.3) is 0 Å². The van der Waals surface area contributed by atoms with Gasteiger partial charge >= 0.3 is 6.03 Å². The molecule has 122 valence electrons. The van der Waals surface area contributed by atoms with Crippen molar-refractivity contribution >= 4 is 11.6 Å². The maximum Gasteiger partial charge on any atom is 0.315 e. The van der Waals surface area contributed by atoms with E-state index in [4.69, 9.17) is 0 Å². The fourth-order valence-corrected chi connectivity index (χ4v) is 2.17. The zero-order valence-corrected chi connectivity index (χ0v) is 14.5. The van der Waals surface area contributed by atoms with Gasteiger partial charge in [0.1, 0.15) is 0 Å². The van der Waals surface area contributed by atoms with Gasteiger partial charge in [-0.05, 0) is 59.0 Å². The molecule has 0 saturated heterocycles. The standard InChI is InChI=1S/C18H29N3O/c1-14(2)15-8-10-16(11-9-15)18(3,4)20-17(22)19-12-7-13-21(5)6/h8-11H,1,7,12-13H2,2-6H3,(H2,19,20,22). The van der Waals surface area contributed by atoms with Crippen molar-refractivity contribution in [3.63, 3.8) is 0 Å². The minimum atomic E-state index is -0.417. The highest BCUT2D eigenvalue weighted by atomic mass is 16.2. The van der Waals surface area contributed by atoms with Crippen molar-refractivity contribution < 1.29 is 4.79 Å². The van der Waals surface area contributed by atoms with Crippen LogP contribution in [0.1, 0.15) is 38.3 Å². The molecule has 1 aromatic rings. The Hall–Kier alpha value is -1.81. The van der Waals surface area contributed by atoms with Crippen molar-refractivity contribution in [3.05, 3.63) is 42.0 Å². The SMILES string of the molecule is C=C(C)c1ccc(C(C)(C)NC(=O)NCCCN(C)C)cc1. The predicted molar refractivity (Wildman–Crippen MR) is 93.9 cm³/mol. The third-order valence-electron chi connectivity index (χ3n) is 3.59. The number of amides is 2. The molecule has 0 aliphatic rings. The average Bonchev–Trinajstić information content (AvgIpc) is 2.43. The van der Waals surface area contributed by atoms with E-state index in [0.29, 0.717) is 6.54 Å². The van der Waals surface area contributed by atoms with Crippen LogP contribution in [0.5, 0.6) is 0 Å². The summed E-state index contributed by atoms with van der Waals surface area (Å²) >= 11 is 0. The van der Waals surface area contributed by atoms with Crippen molar-refractivity contribution in [2.24, 2.45) is 0 Å². The van der Waals surface area contributed by atoms with Gasteiger partial charge < -0.3 is 15.5 Å². The molecule has 0 spiro atoms. The second-order valence-corrected chi connectivity index (χ2v) is 6.52. The van der Waals surface area contributed by atoms with Gasteiger partial charge in [-0.25, -0.2) is 4.79 Å². The highest BCUT2D eigenvalue weighted by Gasteiger charge is 2.22. The lowest BCUT2D eigenvalue weighted by atomic mass is 9.93. The number of allylic oxidation sites excluding steroid dienone is 1. The number of urea groups is 1. The number of benzene rings is 1. The van der Waals surface area contributed by atoms with Gasteiger partial charge in [0.2, 0.25) is 0 Å². The van der Waals surface area contributed by atoms with Crippen LogP contribution in [-0.2, 0) is 5.54 Å². The summed E-state index contributed by atoms with van der Waals surface area (Å²) in [5.41, 5.74) is 2.81. The summed E-state index contributed by atoms with van der Waals surface area (Å²) < 4.78 is 0. The highest BCUT2D eigenvalue weighted by molar-refractivity contribution is 5.75. The van der Waals surface area contributed by atoms with E-state index < -0.39 is 5.54 Å². The van der Waals surface area contributed by atoms with E-state index in [1.165, 1.54) is 0 Å². The third kappa shape index (κ3) is 5.90. The second kappa shape index (κ2) is 7.99. The van der Waals surface area contributed by atoms with E-state index in [-0.39, 0.29) is 6.03 Å². The molecule has 0 unspecified atom stereocenters. The van der Waals surface area contributed by atoms with Crippen LogP contribution in [-0.4, -0.2) is 38.1 Å². The van der Waals surface area contributed by atoms with Gasteiger partial charge in [0, 0.05) is 6.54 Å². The minimum Gasteiger partial charge on any atom is -0.338 e. The Labute approximate surface area is 134 Å².